The molecule has 0 fully saturated rings. The largest absolute Gasteiger partial charge is 0.480 e. The van der Waals surface area contributed by atoms with Crippen LogP contribution in [0.1, 0.15) is 0 Å². The van der Waals surface area contributed by atoms with Crippen molar-refractivity contribution in [1.82, 2.24) is 0 Å². The van der Waals surface area contributed by atoms with Gasteiger partial charge in [0.2, 0.25) is 0 Å². The van der Waals surface area contributed by atoms with E-state index in [-0.39, 0.29) is 5.95 Å². The first-order valence-corrected chi connectivity index (χ1v) is 2.85. The van der Waals surface area contributed by atoms with Gasteiger partial charge >= 0.3 is 0 Å². The van der Waals surface area contributed by atoms with Crippen LogP contribution in [0.3, 0.4) is 0 Å². The minimum absolute atomic E-state index is 0.102. The maximum atomic E-state index is 8.43. The average molecular weight is 134 g/mol. The SMILES string of the molecule is Oc1csc(=S)o1. The van der Waals surface area contributed by atoms with Crippen LogP contribution < -0.4 is 0 Å². The molecule has 1 aromatic rings. The molecule has 0 atom stereocenters. The molecule has 0 aliphatic carbocycles. The monoisotopic (exact) mass is 134 g/mol. The highest BCUT2D eigenvalue weighted by Gasteiger charge is 1.86. The molecule has 0 aromatic carbocycles. The van der Waals surface area contributed by atoms with E-state index < -0.39 is 0 Å². The van der Waals surface area contributed by atoms with Gasteiger partial charge in [-0.3, -0.25) is 0 Å². The molecule has 0 amide bonds. The summed E-state index contributed by atoms with van der Waals surface area (Å²) >= 11 is 5.73. The van der Waals surface area contributed by atoms with Crippen LogP contribution in [0.25, 0.3) is 0 Å². The lowest BCUT2D eigenvalue weighted by Gasteiger charge is -1.68. The van der Waals surface area contributed by atoms with E-state index in [0.29, 0.717) is 4.02 Å². The van der Waals surface area contributed by atoms with Crippen molar-refractivity contribution in [2.24, 2.45) is 0 Å². The van der Waals surface area contributed by atoms with Crippen molar-refractivity contribution in [2.75, 3.05) is 0 Å². The Morgan fingerprint density at radius 2 is 2.57 bits per heavy atom. The van der Waals surface area contributed by atoms with Crippen molar-refractivity contribution in [3.63, 3.8) is 0 Å². The molecule has 7 heavy (non-hydrogen) atoms. The average Bonchev–Trinajstić information content (AvgIpc) is 1.87. The Kier molecular flexibility index (Phi) is 1.12. The number of hydrogen-bond acceptors (Lipinski definition) is 4. The van der Waals surface area contributed by atoms with Crippen LogP contribution in [0.4, 0.5) is 0 Å². The molecule has 1 rings (SSSR count). The molecule has 0 spiro atoms. The van der Waals surface area contributed by atoms with Crippen molar-refractivity contribution in [3.8, 4) is 5.95 Å². The Labute approximate surface area is 49.0 Å². The lowest BCUT2D eigenvalue weighted by molar-refractivity contribution is 0.328. The van der Waals surface area contributed by atoms with E-state index in [9.17, 15) is 0 Å². The van der Waals surface area contributed by atoms with Crippen LogP contribution in [0.5, 0.6) is 5.95 Å². The maximum Gasteiger partial charge on any atom is 0.294 e. The first-order valence-electron chi connectivity index (χ1n) is 1.56. The van der Waals surface area contributed by atoms with E-state index in [1.165, 1.54) is 16.7 Å². The second-order valence-corrected chi connectivity index (χ2v) is 2.40. The third kappa shape index (κ3) is 1.01. The summed E-state index contributed by atoms with van der Waals surface area (Å²) in [6.07, 6.45) is 0. The molecule has 4 heteroatoms. The standard InChI is InChI=1S/C3H2O2S2/c4-2-1-7-3(6)5-2/h1,4H. The van der Waals surface area contributed by atoms with E-state index in [4.69, 9.17) is 5.11 Å². The summed E-state index contributed by atoms with van der Waals surface area (Å²) in [6, 6.07) is 0. The lowest BCUT2D eigenvalue weighted by atomic mass is 11.0. The second kappa shape index (κ2) is 1.63. The lowest BCUT2D eigenvalue weighted by Crippen LogP contribution is -1.41. The smallest absolute Gasteiger partial charge is 0.294 e. The van der Waals surface area contributed by atoms with Gasteiger partial charge in [0.1, 0.15) is 0 Å². The molecule has 0 saturated heterocycles. The molecule has 0 aliphatic heterocycles. The van der Waals surface area contributed by atoms with Gasteiger partial charge in [0, 0.05) is 0 Å². The Balaban J connectivity index is 3.30. The van der Waals surface area contributed by atoms with Crippen molar-refractivity contribution < 1.29 is 9.52 Å². The number of rotatable bonds is 0. The summed E-state index contributed by atoms with van der Waals surface area (Å²) in [4.78, 5) is 0. The first kappa shape index (κ1) is 4.80. The summed E-state index contributed by atoms with van der Waals surface area (Å²) in [5, 5.41) is 9.88. The topological polar surface area (TPSA) is 33.4 Å². The first-order chi connectivity index (χ1) is 3.29. The summed E-state index contributed by atoms with van der Waals surface area (Å²) in [7, 11) is 0. The van der Waals surface area contributed by atoms with Crippen molar-refractivity contribution >= 4 is 23.6 Å². The zero-order valence-electron chi connectivity index (χ0n) is 3.25. The van der Waals surface area contributed by atoms with E-state index in [0.717, 1.165) is 0 Å². The molecule has 0 aliphatic rings. The third-order valence-electron chi connectivity index (χ3n) is 0.444. The van der Waals surface area contributed by atoms with Crippen molar-refractivity contribution in [1.29, 1.82) is 0 Å². The van der Waals surface area contributed by atoms with Crippen LogP contribution in [0.2, 0.25) is 0 Å². The number of aromatic hydroxyl groups is 1. The highest BCUT2D eigenvalue weighted by atomic mass is 32.1. The number of hydrogen-bond donors (Lipinski definition) is 1. The molecule has 38 valence electrons. The molecule has 0 unspecified atom stereocenters. The van der Waals surface area contributed by atoms with Gasteiger partial charge in [0.25, 0.3) is 9.97 Å². The minimum Gasteiger partial charge on any atom is -0.480 e. The van der Waals surface area contributed by atoms with Crippen LogP contribution in [0, 0.1) is 4.02 Å². The van der Waals surface area contributed by atoms with Crippen molar-refractivity contribution in [3.05, 3.63) is 9.40 Å². The van der Waals surface area contributed by atoms with E-state index in [1.807, 2.05) is 0 Å². The molecule has 1 N–H and O–H groups in total. The molecular formula is C3H2O2S2. The van der Waals surface area contributed by atoms with E-state index >= 15 is 0 Å². The summed E-state index contributed by atoms with van der Waals surface area (Å²) < 4.78 is 4.83. The Bertz CT molecular complexity index is 199. The fourth-order valence-corrected chi connectivity index (χ4v) is 0.840. The van der Waals surface area contributed by atoms with Gasteiger partial charge in [-0.25, -0.2) is 0 Å². The van der Waals surface area contributed by atoms with Gasteiger partial charge in [-0.1, -0.05) is 11.3 Å². The summed E-state index contributed by atoms with van der Waals surface area (Å²) in [6.45, 7) is 0. The zero-order chi connectivity index (χ0) is 5.28. The molecule has 0 bridgehead atoms. The third-order valence-corrected chi connectivity index (χ3v) is 1.41. The highest BCUT2D eigenvalue weighted by molar-refractivity contribution is 7.73. The van der Waals surface area contributed by atoms with Crippen LogP contribution >= 0.6 is 23.6 Å². The minimum atomic E-state index is -0.102. The fraction of sp³-hybridized carbons (Fsp3) is 0. The maximum absolute atomic E-state index is 8.43. The normalized spacial score (nSPS) is 9.14. The summed E-state index contributed by atoms with van der Waals surface area (Å²) in [5.41, 5.74) is 0. The zero-order valence-corrected chi connectivity index (χ0v) is 4.88. The van der Waals surface area contributed by atoms with Gasteiger partial charge in [-0.05, 0) is 12.2 Å². The Hall–Kier alpha value is -0.350. The molecule has 0 saturated carbocycles. The van der Waals surface area contributed by atoms with Gasteiger partial charge in [-0.2, -0.15) is 0 Å². The summed E-state index contributed by atoms with van der Waals surface area (Å²) in [5.74, 6) is -0.102. The van der Waals surface area contributed by atoms with Gasteiger partial charge in [0.05, 0.1) is 5.38 Å². The quantitative estimate of drug-likeness (QED) is 0.549. The molecule has 1 heterocycles. The fourth-order valence-electron chi connectivity index (χ4n) is 0.232. The Morgan fingerprint density at radius 1 is 1.86 bits per heavy atom. The van der Waals surface area contributed by atoms with Crippen molar-refractivity contribution in [2.45, 2.75) is 0 Å². The molecule has 2 nitrogen and oxygen atoms in total. The van der Waals surface area contributed by atoms with E-state index in [2.05, 4.69) is 16.6 Å². The predicted octanol–water partition coefficient (Wildman–Crippen LogP) is 1.78. The Morgan fingerprint density at radius 3 is 2.71 bits per heavy atom. The van der Waals surface area contributed by atoms with Gasteiger partial charge in [-0.15, -0.1) is 0 Å². The molecule has 0 radical (unpaired) electrons. The van der Waals surface area contributed by atoms with Crippen LogP contribution in [-0.2, 0) is 0 Å². The van der Waals surface area contributed by atoms with Gasteiger partial charge < -0.3 is 9.52 Å². The molecular weight excluding hydrogens is 132 g/mol. The molecule has 1 aromatic heterocycles. The predicted molar refractivity (Wildman–Crippen MR) is 29.1 cm³/mol. The van der Waals surface area contributed by atoms with Crippen LogP contribution in [0.15, 0.2) is 9.80 Å². The van der Waals surface area contributed by atoms with E-state index in [1.54, 1.807) is 0 Å². The van der Waals surface area contributed by atoms with Crippen LogP contribution in [-0.4, -0.2) is 5.11 Å². The highest BCUT2D eigenvalue weighted by Crippen LogP contribution is 2.14. The van der Waals surface area contributed by atoms with Gasteiger partial charge in [0.15, 0.2) is 0 Å². The second-order valence-electron chi connectivity index (χ2n) is 0.926.